The summed E-state index contributed by atoms with van der Waals surface area (Å²) in [4.78, 5) is 27.0. The second-order valence-electron chi connectivity index (χ2n) is 8.28. The van der Waals surface area contributed by atoms with E-state index < -0.39 is 0 Å². The summed E-state index contributed by atoms with van der Waals surface area (Å²) in [5.74, 6) is 1.36. The summed E-state index contributed by atoms with van der Waals surface area (Å²) in [6.07, 6.45) is 0. The van der Waals surface area contributed by atoms with Gasteiger partial charge in [0.25, 0.3) is 5.91 Å². The van der Waals surface area contributed by atoms with Gasteiger partial charge in [0.2, 0.25) is 5.91 Å². The maximum atomic E-state index is 12.7. The van der Waals surface area contributed by atoms with E-state index in [0.29, 0.717) is 29.7 Å². The molecule has 1 N–H and O–H groups in total. The maximum absolute atomic E-state index is 12.7. The normalized spacial score (nSPS) is 16.9. The predicted octanol–water partition coefficient (Wildman–Crippen LogP) is 4.87. The van der Waals surface area contributed by atoms with Crippen molar-refractivity contribution in [2.75, 3.05) is 5.75 Å². The summed E-state index contributed by atoms with van der Waals surface area (Å²) in [5.41, 5.74) is 2.83. The number of amides is 2. The van der Waals surface area contributed by atoms with E-state index >= 15 is 0 Å². The smallest absolute Gasteiger partial charge is 0.251 e. The standard InChI is InChI=1S/C24H30N2O2S/c1-16(2)22(17(3)4)25-23(28)19-10-12-20(13-11-19)24-26(21(27)15-29-24)14-18-8-6-5-7-9-18/h5-13,16-17,22,24H,14-15H2,1-4H3,(H,25,28)/t24-/m0/s1. The van der Waals surface area contributed by atoms with E-state index in [-0.39, 0.29) is 23.2 Å². The second-order valence-corrected chi connectivity index (χ2v) is 9.35. The first kappa shape index (κ1) is 21.4. The van der Waals surface area contributed by atoms with Gasteiger partial charge in [0, 0.05) is 18.2 Å². The number of nitrogens with one attached hydrogen (secondary N) is 1. The SMILES string of the molecule is CC(C)C(NC(=O)c1ccc([C@@H]2SCC(=O)N2Cc2ccccc2)cc1)C(C)C. The zero-order valence-electron chi connectivity index (χ0n) is 17.6. The molecular formula is C24H30N2O2S. The molecular weight excluding hydrogens is 380 g/mol. The number of thioether (sulfide) groups is 1. The average Bonchev–Trinajstić information content (AvgIpc) is 3.06. The van der Waals surface area contributed by atoms with Gasteiger partial charge in [0.05, 0.1) is 5.75 Å². The summed E-state index contributed by atoms with van der Waals surface area (Å²) in [7, 11) is 0. The van der Waals surface area contributed by atoms with Crippen molar-refractivity contribution in [1.29, 1.82) is 0 Å². The molecule has 0 radical (unpaired) electrons. The lowest BCUT2D eigenvalue weighted by molar-refractivity contribution is -0.128. The van der Waals surface area contributed by atoms with E-state index in [1.165, 1.54) is 0 Å². The Balaban J connectivity index is 1.71. The molecule has 5 heteroatoms. The van der Waals surface area contributed by atoms with Crippen molar-refractivity contribution in [2.45, 2.75) is 45.7 Å². The number of hydrogen-bond donors (Lipinski definition) is 1. The van der Waals surface area contributed by atoms with Crippen LogP contribution in [-0.4, -0.2) is 28.5 Å². The van der Waals surface area contributed by atoms with Gasteiger partial charge in [-0.05, 0) is 35.1 Å². The third-order valence-electron chi connectivity index (χ3n) is 5.36. The Morgan fingerprint density at radius 1 is 1.03 bits per heavy atom. The molecule has 1 fully saturated rings. The molecule has 1 heterocycles. The number of carbonyl (C=O) groups excluding carboxylic acids is 2. The van der Waals surface area contributed by atoms with Crippen LogP contribution in [0.3, 0.4) is 0 Å². The number of nitrogens with zero attached hydrogens (tertiary/aromatic N) is 1. The van der Waals surface area contributed by atoms with Gasteiger partial charge in [-0.15, -0.1) is 11.8 Å². The Kier molecular flexibility index (Phi) is 7.01. The molecule has 1 aliphatic heterocycles. The quantitative estimate of drug-likeness (QED) is 0.708. The average molecular weight is 411 g/mol. The lowest BCUT2D eigenvalue weighted by Gasteiger charge is -2.26. The second kappa shape index (κ2) is 9.49. The van der Waals surface area contributed by atoms with Gasteiger partial charge < -0.3 is 10.2 Å². The van der Waals surface area contributed by atoms with Crippen molar-refractivity contribution in [3.63, 3.8) is 0 Å². The van der Waals surface area contributed by atoms with E-state index in [2.05, 4.69) is 33.0 Å². The molecule has 29 heavy (non-hydrogen) atoms. The Bertz CT molecular complexity index is 826. The van der Waals surface area contributed by atoms with Crippen LogP contribution in [0.1, 0.15) is 54.6 Å². The van der Waals surface area contributed by atoms with Crippen molar-refractivity contribution in [2.24, 2.45) is 11.8 Å². The third-order valence-corrected chi connectivity index (χ3v) is 6.61. The molecule has 1 aliphatic rings. The highest BCUT2D eigenvalue weighted by atomic mass is 32.2. The van der Waals surface area contributed by atoms with Gasteiger partial charge in [-0.25, -0.2) is 0 Å². The van der Waals surface area contributed by atoms with Crippen molar-refractivity contribution in [1.82, 2.24) is 10.2 Å². The first-order valence-electron chi connectivity index (χ1n) is 10.2. The van der Waals surface area contributed by atoms with Gasteiger partial charge in [-0.3, -0.25) is 9.59 Å². The van der Waals surface area contributed by atoms with Crippen LogP contribution < -0.4 is 5.32 Å². The molecule has 0 unspecified atom stereocenters. The lowest BCUT2D eigenvalue weighted by atomic mass is 9.93. The fourth-order valence-corrected chi connectivity index (χ4v) is 5.01. The highest BCUT2D eigenvalue weighted by Gasteiger charge is 2.32. The summed E-state index contributed by atoms with van der Waals surface area (Å²) in [5, 5.41) is 3.15. The van der Waals surface area contributed by atoms with E-state index in [1.54, 1.807) is 11.8 Å². The molecule has 2 amide bonds. The largest absolute Gasteiger partial charge is 0.349 e. The zero-order chi connectivity index (χ0) is 21.0. The Morgan fingerprint density at radius 2 is 1.66 bits per heavy atom. The molecule has 0 bridgehead atoms. The molecule has 3 rings (SSSR count). The number of carbonyl (C=O) groups is 2. The van der Waals surface area contributed by atoms with E-state index in [0.717, 1.165) is 11.1 Å². The third kappa shape index (κ3) is 5.21. The Labute approximate surface area is 178 Å². The van der Waals surface area contributed by atoms with Gasteiger partial charge in [-0.1, -0.05) is 70.2 Å². The van der Waals surface area contributed by atoms with Crippen molar-refractivity contribution >= 4 is 23.6 Å². The fourth-order valence-electron chi connectivity index (χ4n) is 3.82. The molecule has 2 aromatic carbocycles. The molecule has 1 saturated heterocycles. The number of hydrogen-bond acceptors (Lipinski definition) is 3. The minimum Gasteiger partial charge on any atom is -0.349 e. The van der Waals surface area contributed by atoms with Crippen LogP contribution in [0.2, 0.25) is 0 Å². The van der Waals surface area contributed by atoms with Crippen molar-refractivity contribution < 1.29 is 9.59 Å². The summed E-state index contributed by atoms with van der Waals surface area (Å²) in [6.45, 7) is 9.12. The predicted molar refractivity (Wildman–Crippen MR) is 120 cm³/mol. The summed E-state index contributed by atoms with van der Waals surface area (Å²) >= 11 is 1.64. The molecule has 0 spiro atoms. The summed E-state index contributed by atoms with van der Waals surface area (Å²) < 4.78 is 0. The first-order chi connectivity index (χ1) is 13.9. The van der Waals surface area contributed by atoms with Crippen LogP contribution >= 0.6 is 11.8 Å². The monoisotopic (exact) mass is 410 g/mol. The van der Waals surface area contributed by atoms with E-state index in [1.807, 2.05) is 59.5 Å². The van der Waals surface area contributed by atoms with E-state index in [4.69, 9.17) is 0 Å². The van der Waals surface area contributed by atoms with E-state index in [9.17, 15) is 9.59 Å². The zero-order valence-corrected chi connectivity index (χ0v) is 18.4. The van der Waals surface area contributed by atoms with Gasteiger partial charge in [0.15, 0.2) is 0 Å². The minimum absolute atomic E-state index is 0.0149. The van der Waals surface area contributed by atoms with Gasteiger partial charge >= 0.3 is 0 Å². The van der Waals surface area contributed by atoms with Crippen LogP contribution in [0.4, 0.5) is 0 Å². The molecule has 0 aliphatic carbocycles. The molecule has 1 atom stereocenters. The molecule has 0 saturated carbocycles. The highest BCUT2D eigenvalue weighted by Crippen LogP contribution is 2.39. The van der Waals surface area contributed by atoms with Gasteiger partial charge in [0.1, 0.15) is 5.37 Å². The van der Waals surface area contributed by atoms with Crippen molar-refractivity contribution in [3.05, 3.63) is 71.3 Å². The molecule has 0 aromatic heterocycles. The summed E-state index contributed by atoms with van der Waals surface area (Å²) in [6, 6.07) is 17.9. The maximum Gasteiger partial charge on any atom is 0.251 e. The molecule has 2 aromatic rings. The molecule has 154 valence electrons. The van der Waals surface area contributed by atoms with Crippen LogP contribution in [0.15, 0.2) is 54.6 Å². The Morgan fingerprint density at radius 3 is 2.24 bits per heavy atom. The highest BCUT2D eigenvalue weighted by molar-refractivity contribution is 8.00. The number of benzene rings is 2. The topological polar surface area (TPSA) is 49.4 Å². The lowest BCUT2D eigenvalue weighted by Crippen LogP contribution is -2.42. The number of rotatable bonds is 7. The van der Waals surface area contributed by atoms with Crippen LogP contribution in [-0.2, 0) is 11.3 Å². The van der Waals surface area contributed by atoms with Crippen LogP contribution in [0.25, 0.3) is 0 Å². The molecule has 4 nitrogen and oxygen atoms in total. The first-order valence-corrected chi connectivity index (χ1v) is 11.3. The van der Waals surface area contributed by atoms with Crippen LogP contribution in [0, 0.1) is 11.8 Å². The minimum atomic E-state index is -0.0414. The van der Waals surface area contributed by atoms with Crippen LogP contribution in [0.5, 0.6) is 0 Å². The fraction of sp³-hybridized carbons (Fsp3) is 0.417. The Hall–Kier alpha value is -2.27. The van der Waals surface area contributed by atoms with Gasteiger partial charge in [-0.2, -0.15) is 0 Å². The van der Waals surface area contributed by atoms with Crippen molar-refractivity contribution in [3.8, 4) is 0 Å².